The van der Waals surface area contributed by atoms with Crippen molar-refractivity contribution in [2.45, 2.75) is 52.6 Å². The van der Waals surface area contributed by atoms with Crippen molar-refractivity contribution in [2.24, 2.45) is 11.7 Å². The Labute approximate surface area is 76.9 Å². The number of nitrogens with two attached hydrogens (primary N) is 1. The average Bonchev–Trinajstić information content (AvgIpc) is 2.04. The van der Waals surface area contributed by atoms with Crippen molar-refractivity contribution in [3.63, 3.8) is 0 Å². The molecule has 2 nitrogen and oxygen atoms in total. The first-order valence-corrected chi connectivity index (χ1v) is 5.11. The van der Waals surface area contributed by atoms with E-state index in [-0.39, 0.29) is 0 Å². The van der Waals surface area contributed by atoms with Crippen LogP contribution >= 0.6 is 0 Å². The van der Waals surface area contributed by atoms with Crippen molar-refractivity contribution in [3.8, 4) is 0 Å². The molecule has 1 atom stereocenters. The molecule has 0 aromatic carbocycles. The first kappa shape index (κ1) is 11.9. The molecule has 0 aliphatic carbocycles. The molecular weight excluding hydrogens is 148 g/mol. The van der Waals surface area contributed by atoms with Gasteiger partial charge in [0, 0.05) is 18.6 Å². The Bertz CT molecular complexity index is 98.0. The van der Waals surface area contributed by atoms with E-state index in [1.807, 2.05) is 0 Å². The summed E-state index contributed by atoms with van der Waals surface area (Å²) in [6, 6.07) is 1.04. The van der Waals surface area contributed by atoms with Gasteiger partial charge in [-0.2, -0.15) is 0 Å². The minimum Gasteiger partial charge on any atom is -0.329 e. The SMILES string of the molecule is CCC(CC)C(CN)NC(C)C. The lowest BCUT2D eigenvalue weighted by Crippen LogP contribution is -2.45. The van der Waals surface area contributed by atoms with Gasteiger partial charge in [0.05, 0.1) is 0 Å². The third kappa shape index (κ3) is 4.07. The van der Waals surface area contributed by atoms with Gasteiger partial charge in [0.2, 0.25) is 0 Å². The fraction of sp³-hybridized carbons (Fsp3) is 1.00. The normalized spacial score (nSPS) is 14.2. The molecule has 0 fully saturated rings. The van der Waals surface area contributed by atoms with Crippen LogP contribution in [0, 0.1) is 5.92 Å². The summed E-state index contributed by atoms with van der Waals surface area (Å²) in [6.45, 7) is 9.57. The summed E-state index contributed by atoms with van der Waals surface area (Å²) in [5.74, 6) is 0.734. The molecule has 0 aliphatic heterocycles. The van der Waals surface area contributed by atoms with Crippen LogP contribution in [0.15, 0.2) is 0 Å². The van der Waals surface area contributed by atoms with Crippen molar-refractivity contribution in [3.05, 3.63) is 0 Å². The molecule has 3 N–H and O–H groups in total. The van der Waals surface area contributed by atoms with E-state index in [9.17, 15) is 0 Å². The summed E-state index contributed by atoms with van der Waals surface area (Å²) >= 11 is 0. The third-order valence-corrected chi connectivity index (χ3v) is 2.42. The molecule has 0 saturated carbocycles. The molecule has 0 aromatic heterocycles. The molecule has 0 rings (SSSR count). The molecule has 1 unspecified atom stereocenters. The Morgan fingerprint density at radius 3 is 1.92 bits per heavy atom. The zero-order valence-electron chi connectivity index (χ0n) is 8.93. The van der Waals surface area contributed by atoms with Gasteiger partial charge in [-0.25, -0.2) is 0 Å². The number of hydrogen-bond donors (Lipinski definition) is 2. The maximum absolute atomic E-state index is 5.71. The summed E-state index contributed by atoms with van der Waals surface area (Å²) in [4.78, 5) is 0. The molecule has 74 valence electrons. The van der Waals surface area contributed by atoms with E-state index in [0.717, 1.165) is 12.5 Å². The fourth-order valence-electron chi connectivity index (χ4n) is 1.68. The van der Waals surface area contributed by atoms with E-state index in [4.69, 9.17) is 5.73 Å². The lowest BCUT2D eigenvalue weighted by atomic mass is 9.94. The molecule has 0 radical (unpaired) electrons. The number of rotatable bonds is 6. The van der Waals surface area contributed by atoms with Gasteiger partial charge in [0.25, 0.3) is 0 Å². The van der Waals surface area contributed by atoms with Crippen LogP contribution < -0.4 is 11.1 Å². The van der Waals surface area contributed by atoms with Crippen LogP contribution in [-0.2, 0) is 0 Å². The highest BCUT2D eigenvalue weighted by Gasteiger charge is 2.16. The standard InChI is InChI=1S/C10H24N2/c1-5-9(6-2)10(7-11)12-8(3)4/h8-10,12H,5-7,11H2,1-4H3. The first-order valence-electron chi connectivity index (χ1n) is 5.11. The van der Waals surface area contributed by atoms with E-state index in [1.54, 1.807) is 0 Å². The monoisotopic (exact) mass is 172 g/mol. The zero-order valence-corrected chi connectivity index (χ0v) is 8.93. The second-order valence-corrected chi connectivity index (χ2v) is 3.74. The van der Waals surface area contributed by atoms with Gasteiger partial charge in [-0.05, 0) is 5.92 Å². The molecule has 0 spiro atoms. The van der Waals surface area contributed by atoms with Crippen molar-refractivity contribution >= 4 is 0 Å². The van der Waals surface area contributed by atoms with Gasteiger partial charge in [-0.3, -0.25) is 0 Å². The average molecular weight is 172 g/mol. The van der Waals surface area contributed by atoms with E-state index in [2.05, 4.69) is 33.0 Å². The highest BCUT2D eigenvalue weighted by Crippen LogP contribution is 2.12. The molecule has 12 heavy (non-hydrogen) atoms. The molecule has 0 heterocycles. The molecule has 0 aliphatic rings. The Hall–Kier alpha value is -0.0800. The van der Waals surface area contributed by atoms with Gasteiger partial charge in [-0.15, -0.1) is 0 Å². The van der Waals surface area contributed by atoms with Crippen molar-refractivity contribution in [1.82, 2.24) is 5.32 Å². The summed E-state index contributed by atoms with van der Waals surface area (Å²) < 4.78 is 0. The zero-order chi connectivity index (χ0) is 9.56. The maximum Gasteiger partial charge on any atom is 0.0220 e. The lowest BCUT2D eigenvalue weighted by Gasteiger charge is -2.27. The smallest absolute Gasteiger partial charge is 0.0220 e. The molecule has 0 saturated heterocycles. The van der Waals surface area contributed by atoms with E-state index < -0.39 is 0 Å². The summed E-state index contributed by atoms with van der Waals surface area (Å²) in [6.07, 6.45) is 2.44. The highest BCUT2D eigenvalue weighted by atomic mass is 15.0. The Balaban J connectivity index is 3.92. The lowest BCUT2D eigenvalue weighted by molar-refractivity contribution is 0.320. The number of hydrogen-bond acceptors (Lipinski definition) is 2. The molecule has 0 bridgehead atoms. The first-order chi connectivity index (χ1) is 5.65. The van der Waals surface area contributed by atoms with Crippen LogP contribution in [-0.4, -0.2) is 18.6 Å². The molecule has 0 aromatic rings. The molecular formula is C10H24N2. The Morgan fingerprint density at radius 2 is 1.67 bits per heavy atom. The van der Waals surface area contributed by atoms with Gasteiger partial charge >= 0.3 is 0 Å². The Morgan fingerprint density at radius 1 is 1.17 bits per heavy atom. The van der Waals surface area contributed by atoms with Crippen molar-refractivity contribution < 1.29 is 0 Å². The third-order valence-electron chi connectivity index (χ3n) is 2.42. The predicted octanol–water partition coefficient (Wildman–Crippen LogP) is 1.75. The van der Waals surface area contributed by atoms with Crippen LogP contribution in [0.25, 0.3) is 0 Å². The summed E-state index contributed by atoms with van der Waals surface area (Å²) in [5, 5.41) is 3.51. The minimum atomic E-state index is 0.500. The van der Waals surface area contributed by atoms with E-state index in [0.29, 0.717) is 12.1 Å². The highest BCUT2D eigenvalue weighted by molar-refractivity contribution is 4.76. The van der Waals surface area contributed by atoms with Crippen molar-refractivity contribution in [2.75, 3.05) is 6.54 Å². The van der Waals surface area contributed by atoms with Gasteiger partial charge in [0.1, 0.15) is 0 Å². The second-order valence-electron chi connectivity index (χ2n) is 3.74. The topological polar surface area (TPSA) is 38.0 Å². The predicted molar refractivity (Wildman–Crippen MR) is 55.2 cm³/mol. The van der Waals surface area contributed by atoms with Crippen LogP contribution in [0.5, 0.6) is 0 Å². The van der Waals surface area contributed by atoms with Gasteiger partial charge < -0.3 is 11.1 Å². The van der Waals surface area contributed by atoms with Crippen LogP contribution in [0.4, 0.5) is 0 Å². The van der Waals surface area contributed by atoms with Gasteiger partial charge in [0.15, 0.2) is 0 Å². The maximum atomic E-state index is 5.71. The van der Waals surface area contributed by atoms with E-state index >= 15 is 0 Å². The second kappa shape index (κ2) is 6.44. The molecule has 2 heteroatoms. The quantitative estimate of drug-likeness (QED) is 0.640. The number of nitrogens with one attached hydrogen (secondary N) is 1. The molecule has 0 amide bonds. The van der Waals surface area contributed by atoms with Crippen LogP contribution in [0.1, 0.15) is 40.5 Å². The van der Waals surface area contributed by atoms with E-state index in [1.165, 1.54) is 12.8 Å². The Kier molecular flexibility index (Phi) is 6.39. The van der Waals surface area contributed by atoms with Crippen LogP contribution in [0.2, 0.25) is 0 Å². The largest absolute Gasteiger partial charge is 0.329 e. The fourth-order valence-corrected chi connectivity index (χ4v) is 1.68. The van der Waals surface area contributed by atoms with Crippen molar-refractivity contribution in [1.29, 1.82) is 0 Å². The minimum absolute atomic E-state index is 0.500. The summed E-state index contributed by atoms with van der Waals surface area (Å²) in [5.41, 5.74) is 5.71. The summed E-state index contributed by atoms with van der Waals surface area (Å²) in [7, 11) is 0. The van der Waals surface area contributed by atoms with Crippen LogP contribution in [0.3, 0.4) is 0 Å². The van der Waals surface area contributed by atoms with Gasteiger partial charge in [-0.1, -0.05) is 40.5 Å².